The van der Waals surface area contributed by atoms with Crippen LogP contribution in [0.4, 0.5) is 4.39 Å². The lowest BCUT2D eigenvalue weighted by molar-refractivity contribution is 0.0695. The predicted molar refractivity (Wildman–Crippen MR) is 70.7 cm³/mol. The SMILES string of the molecule is COc1c(F)cc(C(=O)O)cc1OCc1ccccc1. The molecule has 20 heavy (non-hydrogen) atoms. The molecule has 2 rings (SSSR count). The Labute approximate surface area is 115 Å². The monoisotopic (exact) mass is 276 g/mol. The molecule has 0 aromatic heterocycles. The summed E-state index contributed by atoms with van der Waals surface area (Å²) in [6, 6.07) is 11.4. The van der Waals surface area contributed by atoms with Gasteiger partial charge in [0, 0.05) is 0 Å². The average Bonchev–Trinajstić information content (AvgIpc) is 2.45. The number of carboxylic acid groups (broad SMARTS) is 1. The third-order valence-corrected chi connectivity index (χ3v) is 2.70. The first-order chi connectivity index (χ1) is 9.61. The van der Waals surface area contributed by atoms with Gasteiger partial charge in [0.05, 0.1) is 12.7 Å². The maximum absolute atomic E-state index is 13.7. The quantitative estimate of drug-likeness (QED) is 0.911. The van der Waals surface area contributed by atoms with E-state index in [1.54, 1.807) is 0 Å². The van der Waals surface area contributed by atoms with Gasteiger partial charge in [0.1, 0.15) is 6.61 Å². The summed E-state index contributed by atoms with van der Waals surface area (Å²) in [4.78, 5) is 10.9. The lowest BCUT2D eigenvalue weighted by atomic mass is 10.2. The van der Waals surface area contributed by atoms with Crippen LogP contribution < -0.4 is 9.47 Å². The molecule has 0 saturated heterocycles. The molecule has 2 aromatic rings. The van der Waals surface area contributed by atoms with Gasteiger partial charge in [0.2, 0.25) is 0 Å². The van der Waals surface area contributed by atoms with E-state index in [0.29, 0.717) is 0 Å². The van der Waals surface area contributed by atoms with Gasteiger partial charge in [0.25, 0.3) is 0 Å². The molecule has 0 fully saturated rings. The molecule has 0 heterocycles. The minimum Gasteiger partial charge on any atom is -0.490 e. The minimum atomic E-state index is -1.23. The molecule has 0 unspecified atom stereocenters. The molecule has 0 spiro atoms. The Morgan fingerprint density at radius 3 is 2.55 bits per heavy atom. The van der Waals surface area contributed by atoms with Gasteiger partial charge in [0.15, 0.2) is 17.3 Å². The van der Waals surface area contributed by atoms with Gasteiger partial charge in [-0.15, -0.1) is 0 Å². The number of methoxy groups -OCH3 is 1. The molecule has 5 heteroatoms. The van der Waals surface area contributed by atoms with Crippen LogP contribution in [0.3, 0.4) is 0 Å². The van der Waals surface area contributed by atoms with Crippen molar-refractivity contribution in [1.82, 2.24) is 0 Å². The van der Waals surface area contributed by atoms with E-state index in [4.69, 9.17) is 14.6 Å². The number of ether oxygens (including phenoxy) is 2. The van der Waals surface area contributed by atoms with Crippen LogP contribution in [0.2, 0.25) is 0 Å². The lowest BCUT2D eigenvalue weighted by Gasteiger charge is -2.12. The van der Waals surface area contributed by atoms with Crippen molar-refractivity contribution in [2.45, 2.75) is 6.61 Å². The summed E-state index contributed by atoms with van der Waals surface area (Å²) in [7, 11) is 1.30. The van der Waals surface area contributed by atoms with Gasteiger partial charge in [-0.05, 0) is 17.7 Å². The first-order valence-corrected chi connectivity index (χ1v) is 5.89. The van der Waals surface area contributed by atoms with E-state index >= 15 is 0 Å². The molecule has 0 aliphatic carbocycles. The predicted octanol–water partition coefficient (Wildman–Crippen LogP) is 3.11. The maximum Gasteiger partial charge on any atom is 0.335 e. The van der Waals surface area contributed by atoms with Crippen LogP contribution in [0.15, 0.2) is 42.5 Å². The number of halogens is 1. The summed E-state index contributed by atoms with van der Waals surface area (Å²) in [6.07, 6.45) is 0. The molecular formula is C15H13FO4. The molecule has 2 aromatic carbocycles. The van der Waals surface area contributed by atoms with Gasteiger partial charge in [-0.25, -0.2) is 9.18 Å². The lowest BCUT2D eigenvalue weighted by Crippen LogP contribution is -2.03. The number of carbonyl (C=O) groups is 1. The largest absolute Gasteiger partial charge is 0.490 e. The molecule has 0 radical (unpaired) electrons. The molecule has 1 N–H and O–H groups in total. The summed E-state index contributed by atoms with van der Waals surface area (Å²) in [5, 5.41) is 8.92. The van der Waals surface area contributed by atoms with Crippen LogP contribution in [0.25, 0.3) is 0 Å². The molecule has 0 amide bonds. The first kappa shape index (κ1) is 13.9. The number of benzene rings is 2. The van der Waals surface area contributed by atoms with Crippen LogP contribution in [0.1, 0.15) is 15.9 Å². The summed E-state index contributed by atoms with van der Waals surface area (Å²) < 4.78 is 24.1. The van der Waals surface area contributed by atoms with Gasteiger partial charge >= 0.3 is 5.97 Å². The molecule has 0 saturated carbocycles. The highest BCUT2D eigenvalue weighted by Gasteiger charge is 2.16. The molecule has 4 nitrogen and oxygen atoms in total. The summed E-state index contributed by atoms with van der Waals surface area (Å²) >= 11 is 0. The standard InChI is InChI=1S/C15H13FO4/c1-19-14-12(16)7-11(15(17)18)8-13(14)20-9-10-5-3-2-4-6-10/h2-8H,9H2,1H3,(H,17,18). The second-order valence-corrected chi connectivity index (χ2v) is 4.07. The van der Waals surface area contributed by atoms with Gasteiger partial charge in [-0.3, -0.25) is 0 Å². The van der Waals surface area contributed by atoms with E-state index in [0.717, 1.165) is 11.6 Å². The van der Waals surface area contributed by atoms with Crippen molar-refractivity contribution >= 4 is 5.97 Å². The minimum absolute atomic E-state index is 0.0637. The second kappa shape index (κ2) is 6.06. The highest BCUT2D eigenvalue weighted by Crippen LogP contribution is 2.32. The van der Waals surface area contributed by atoms with E-state index < -0.39 is 11.8 Å². The molecule has 0 atom stereocenters. The first-order valence-electron chi connectivity index (χ1n) is 5.89. The smallest absolute Gasteiger partial charge is 0.335 e. The van der Waals surface area contributed by atoms with Crippen LogP contribution in [0.5, 0.6) is 11.5 Å². The zero-order valence-electron chi connectivity index (χ0n) is 10.8. The van der Waals surface area contributed by atoms with Crippen LogP contribution in [0, 0.1) is 5.82 Å². The molecule has 0 aliphatic rings. The molecule has 0 bridgehead atoms. The number of hydrogen-bond donors (Lipinski definition) is 1. The number of aromatic carboxylic acids is 1. The Bertz CT molecular complexity index is 611. The Kier molecular flexibility index (Phi) is 4.20. The molecule has 0 aliphatic heterocycles. The van der Waals surface area contributed by atoms with E-state index in [9.17, 15) is 9.18 Å². The van der Waals surface area contributed by atoms with Crippen molar-refractivity contribution in [3.63, 3.8) is 0 Å². The van der Waals surface area contributed by atoms with Crippen molar-refractivity contribution in [2.75, 3.05) is 7.11 Å². The fourth-order valence-electron chi connectivity index (χ4n) is 1.73. The van der Waals surface area contributed by atoms with E-state index in [-0.39, 0.29) is 23.7 Å². The van der Waals surface area contributed by atoms with Crippen LogP contribution in [-0.4, -0.2) is 18.2 Å². The fourth-order valence-corrected chi connectivity index (χ4v) is 1.73. The Morgan fingerprint density at radius 2 is 1.95 bits per heavy atom. The third kappa shape index (κ3) is 3.06. The van der Waals surface area contributed by atoms with E-state index in [1.807, 2.05) is 30.3 Å². The van der Waals surface area contributed by atoms with Crippen LogP contribution in [-0.2, 0) is 6.61 Å². The topological polar surface area (TPSA) is 55.8 Å². The average molecular weight is 276 g/mol. The normalized spacial score (nSPS) is 10.1. The van der Waals surface area contributed by atoms with E-state index in [1.165, 1.54) is 13.2 Å². The van der Waals surface area contributed by atoms with Crippen molar-refractivity contribution in [3.8, 4) is 11.5 Å². The number of carboxylic acids is 1. The van der Waals surface area contributed by atoms with Gasteiger partial charge in [-0.1, -0.05) is 30.3 Å². The van der Waals surface area contributed by atoms with Crippen molar-refractivity contribution in [1.29, 1.82) is 0 Å². The zero-order valence-corrected chi connectivity index (χ0v) is 10.8. The van der Waals surface area contributed by atoms with Crippen molar-refractivity contribution < 1.29 is 23.8 Å². The number of hydrogen-bond acceptors (Lipinski definition) is 3. The number of rotatable bonds is 5. The molecule has 104 valence electrons. The van der Waals surface area contributed by atoms with Crippen LogP contribution >= 0.6 is 0 Å². The third-order valence-electron chi connectivity index (χ3n) is 2.70. The Hall–Kier alpha value is -2.56. The maximum atomic E-state index is 13.7. The van der Waals surface area contributed by atoms with Gasteiger partial charge in [-0.2, -0.15) is 0 Å². The van der Waals surface area contributed by atoms with Crippen molar-refractivity contribution in [2.24, 2.45) is 0 Å². The van der Waals surface area contributed by atoms with Crippen molar-refractivity contribution in [3.05, 3.63) is 59.4 Å². The fraction of sp³-hybridized carbons (Fsp3) is 0.133. The summed E-state index contributed by atoms with van der Waals surface area (Å²) in [6.45, 7) is 0.194. The van der Waals surface area contributed by atoms with Gasteiger partial charge < -0.3 is 14.6 Å². The summed E-state index contributed by atoms with van der Waals surface area (Å²) in [5.74, 6) is -2.04. The van der Waals surface area contributed by atoms with E-state index in [2.05, 4.69) is 0 Å². The highest BCUT2D eigenvalue weighted by molar-refractivity contribution is 5.88. The Balaban J connectivity index is 2.27. The Morgan fingerprint density at radius 1 is 1.25 bits per heavy atom. The zero-order chi connectivity index (χ0) is 14.5. The molecular weight excluding hydrogens is 263 g/mol. The summed E-state index contributed by atoms with van der Waals surface area (Å²) in [5.41, 5.74) is 0.696. The highest BCUT2D eigenvalue weighted by atomic mass is 19.1. The second-order valence-electron chi connectivity index (χ2n) is 4.07.